The number of aryl methyl sites for hydroxylation is 2. The van der Waals surface area contributed by atoms with E-state index in [1.165, 1.54) is 22.9 Å². The third-order valence-electron chi connectivity index (χ3n) is 6.90. The van der Waals surface area contributed by atoms with E-state index in [1.807, 2.05) is 63.2 Å². The zero-order valence-electron chi connectivity index (χ0n) is 20.2. The van der Waals surface area contributed by atoms with Crippen LogP contribution in [0.3, 0.4) is 0 Å². The maximum atomic E-state index is 13.6. The van der Waals surface area contributed by atoms with Crippen LogP contribution in [-0.4, -0.2) is 20.7 Å². The lowest BCUT2D eigenvalue weighted by atomic mass is 9.88. The second-order valence-electron chi connectivity index (χ2n) is 9.18. The molecule has 0 bridgehead atoms. The number of nitrogens with zero attached hydrogens (tertiary/aromatic N) is 2. The normalized spacial score (nSPS) is 16.0. The summed E-state index contributed by atoms with van der Waals surface area (Å²) in [7, 11) is 0. The molecule has 0 saturated carbocycles. The molecule has 178 valence electrons. The van der Waals surface area contributed by atoms with Gasteiger partial charge in [0.05, 0.1) is 27.9 Å². The van der Waals surface area contributed by atoms with Crippen molar-refractivity contribution >= 4 is 28.6 Å². The number of aromatic nitrogens is 2. The number of thioether (sulfide) groups is 1. The first kappa shape index (κ1) is 23.4. The summed E-state index contributed by atoms with van der Waals surface area (Å²) in [6, 6.07) is 21.7. The molecular weight excluding hydrogens is 454 g/mol. The standard InChI is InChI=1S/C29H29N3O2S/c1-18-10-8-17-26(19(18)2)32-28(34)23-14-6-7-15-25(23)31-29(32)35-20(3)27(33)30-24-16-9-12-21-11-4-5-13-22(21)24/h4-8,10-11,13-15,17,20,24H,9,12,16H2,1-3H3,(H,30,33). The van der Waals surface area contributed by atoms with Crippen molar-refractivity contribution in [2.24, 2.45) is 0 Å². The number of para-hydroxylation sites is 1. The summed E-state index contributed by atoms with van der Waals surface area (Å²) in [6.45, 7) is 5.92. The molecule has 0 radical (unpaired) electrons. The van der Waals surface area contributed by atoms with Gasteiger partial charge in [-0.05, 0) is 80.5 Å². The predicted molar refractivity (Wildman–Crippen MR) is 142 cm³/mol. The second-order valence-corrected chi connectivity index (χ2v) is 10.5. The number of benzene rings is 3. The van der Waals surface area contributed by atoms with Crippen LogP contribution in [0.4, 0.5) is 0 Å². The Kier molecular flexibility index (Phi) is 6.48. The average molecular weight is 484 g/mol. The minimum atomic E-state index is -0.423. The Morgan fingerprint density at radius 1 is 1.06 bits per heavy atom. The molecule has 5 nitrogen and oxygen atoms in total. The van der Waals surface area contributed by atoms with Crippen molar-refractivity contribution in [2.45, 2.75) is 56.5 Å². The molecule has 1 N–H and O–H groups in total. The van der Waals surface area contributed by atoms with Gasteiger partial charge in [-0.15, -0.1) is 0 Å². The molecule has 2 atom stereocenters. The molecule has 1 heterocycles. The smallest absolute Gasteiger partial charge is 0.266 e. The molecule has 1 aliphatic carbocycles. The van der Waals surface area contributed by atoms with Crippen LogP contribution in [0.2, 0.25) is 0 Å². The lowest BCUT2D eigenvalue weighted by molar-refractivity contribution is -0.121. The van der Waals surface area contributed by atoms with Gasteiger partial charge < -0.3 is 5.32 Å². The molecule has 1 amide bonds. The summed E-state index contributed by atoms with van der Waals surface area (Å²) < 4.78 is 1.66. The first-order chi connectivity index (χ1) is 16.9. The van der Waals surface area contributed by atoms with Gasteiger partial charge >= 0.3 is 0 Å². The molecular formula is C29H29N3O2S. The summed E-state index contributed by atoms with van der Waals surface area (Å²) in [5, 5.41) is 3.91. The summed E-state index contributed by atoms with van der Waals surface area (Å²) in [4.78, 5) is 31.8. The second kappa shape index (κ2) is 9.70. The summed E-state index contributed by atoms with van der Waals surface area (Å²) >= 11 is 1.33. The summed E-state index contributed by atoms with van der Waals surface area (Å²) in [5.74, 6) is -0.0494. The number of hydrogen-bond acceptors (Lipinski definition) is 4. The lowest BCUT2D eigenvalue weighted by Crippen LogP contribution is -2.36. The van der Waals surface area contributed by atoms with Crippen LogP contribution in [0.25, 0.3) is 16.6 Å². The molecule has 2 unspecified atom stereocenters. The van der Waals surface area contributed by atoms with E-state index >= 15 is 0 Å². The third-order valence-corrected chi connectivity index (χ3v) is 7.95. The number of rotatable bonds is 5. The molecule has 6 heteroatoms. The molecule has 1 aromatic heterocycles. The minimum absolute atomic E-state index is 0.0151. The minimum Gasteiger partial charge on any atom is -0.348 e. The SMILES string of the molecule is Cc1cccc(-n2c(SC(C)C(=O)NC3CCCc4ccccc43)nc3ccccc3c2=O)c1C. The largest absolute Gasteiger partial charge is 0.348 e. The van der Waals surface area contributed by atoms with E-state index in [0.717, 1.165) is 36.1 Å². The van der Waals surface area contributed by atoms with E-state index in [4.69, 9.17) is 4.98 Å². The van der Waals surface area contributed by atoms with Crippen LogP contribution in [0.1, 0.15) is 48.1 Å². The Morgan fingerprint density at radius 3 is 2.69 bits per heavy atom. The van der Waals surface area contributed by atoms with Crippen molar-refractivity contribution in [3.05, 3.63) is 99.3 Å². The van der Waals surface area contributed by atoms with Crippen molar-refractivity contribution in [2.75, 3.05) is 0 Å². The molecule has 3 aromatic carbocycles. The highest BCUT2D eigenvalue weighted by molar-refractivity contribution is 8.00. The maximum absolute atomic E-state index is 13.6. The Hall–Kier alpha value is -3.38. The van der Waals surface area contributed by atoms with Crippen LogP contribution in [0, 0.1) is 13.8 Å². The fourth-order valence-electron chi connectivity index (χ4n) is 4.79. The van der Waals surface area contributed by atoms with Gasteiger partial charge in [-0.2, -0.15) is 0 Å². The summed E-state index contributed by atoms with van der Waals surface area (Å²) in [6.07, 6.45) is 3.04. The molecule has 0 fully saturated rings. The highest BCUT2D eigenvalue weighted by Crippen LogP contribution is 2.31. The van der Waals surface area contributed by atoms with Gasteiger partial charge in [0.2, 0.25) is 5.91 Å². The average Bonchev–Trinajstić information content (AvgIpc) is 2.86. The van der Waals surface area contributed by atoms with E-state index in [2.05, 4.69) is 23.5 Å². The van der Waals surface area contributed by atoms with Crippen molar-refractivity contribution in [1.29, 1.82) is 0 Å². The van der Waals surface area contributed by atoms with Crippen LogP contribution >= 0.6 is 11.8 Å². The van der Waals surface area contributed by atoms with Crippen molar-refractivity contribution in [3.63, 3.8) is 0 Å². The highest BCUT2D eigenvalue weighted by Gasteiger charge is 2.26. The maximum Gasteiger partial charge on any atom is 0.266 e. The van der Waals surface area contributed by atoms with Crippen LogP contribution in [0.5, 0.6) is 0 Å². The van der Waals surface area contributed by atoms with Crippen molar-refractivity contribution in [1.82, 2.24) is 14.9 Å². The molecule has 35 heavy (non-hydrogen) atoms. The van der Waals surface area contributed by atoms with E-state index in [1.54, 1.807) is 10.6 Å². The topological polar surface area (TPSA) is 64.0 Å². The predicted octanol–water partition coefficient (Wildman–Crippen LogP) is 5.68. The lowest BCUT2D eigenvalue weighted by Gasteiger charge is -2.27. The molecule has 0 spiro atoms. The van der Waals surface area contributed by atoms with Crippen molar-refractivity contribution in [3.8, 4) is 5.69 Å². The van der Waals surface area contributed by atoms with Crippen LogP contribution in [0.15, 0.2) is 76.7 Å². The monoisotopic (exact) mass is 483 g/mol. The van der Waals surface area contributed by atoms with Gasteiger partial charge in [0.25, 0.3) is 5.56 Å². The van der Waals surface area contributed by atoms with E-state index in [-0.39, 0.29) is 17.5 Å². The Balaban J connectivity index is 1.50. The number of fused-ring (bicyclic) bond motifs is 2. The van der Waals surface area contributed by atoms with Gasteiger partial charge in [-0.25, -0.2) is 4.98 Å². The Bertz CT molecular complexity index is 1480. The molecule has 5 rings (SSSR count). The highest BCUT2D eigenvalue weighted by atomic mass is 32.2. The fourth-order valence-corrected chi connectivity index (χ4v) is 5.72. The first-order valence-corrected chi connectivity index (χ1v) is 12.9. The zero-order chi connectivity index (χ0) is 24.5. The number of hydrogen-bond donors (Lipinski definition) is 1. The Morgan fingerprint density at radius 2 is 1.83 bits per heavy atom. The first-order valence-electron chi connectivity index (χ1n) is 12.1. The van der Waals surface area contributed by atoms with E-state index in [9.17, 15) is 9.59 Å². The molecule has 4 aromatic rings. The van der Waals surface area contributed by atoms with Gasteiger partial charge in [-0.1, -0.05) is 60.3 Å². The Labute approximate surface area is 209 Å². The fraction of sp³-hybridized carbons (Fsp3) is 0.276. The number of amides is 1. The number of nitrogens with one attached hydrogen (secondary N) is 1. The molecule has 0 aliphatic heterocycles. The third kappa shape index (κ3) is 4.50. The molecule has 1 aliphatic rings. The molecule has 0 saturated heterocycles. The van der Waals surface area contributed by atoms with Crippen LogP contribution < -0.4 is 10.9 Å². The van der Waals surface area contributed by atoms with Crippen molar-refractivity contribution < 1.29 is 4.79 Å². The van der Waals surface area contributed by atoms with E-state index < -0.39 is 5.25 Å². The number of carbonyl (C=O) groups is 1. The van der Waals surface area contributed by atoms with Gasteiger partial charge in [0, 0.05) is 0 Å². The van der Waals surface area contributed by atoms with Gasteiger partial charge in [0.1, 0.15) is 0 Å². The van der Waals surface area contributed by atoms with Gasteiger partial charge in [-0.3, -0.25) is 14.2 Å². The van der Waals surface area contributed by atoms with Gasteiger partial charge in [0.15, 0.2) is 5.16 Å². The quantitative estimate of drug-likeness (QED) is 0.293. The zero-order valence-corrected chi connectivity index (χ0v) is 21.1. The van der Waals surface area contributed by atoms with Crippen LogP contribution in [-0.2, 0) is 11.2 Å². The van der Waals surface area contributed by atoms with E-state index in [0.29, 0.717) is 16.1 Å². The number of carbonyl (C=O) groups excluding carboxylic acids is 1. The summed E-state index contributed by atoms with van der Waals surface area (Å²) in [5.41, 5.74) is 5.94.